The van der Waals surface area contributed by atoms with Crippen LogP contribution in [0.5, 0.6) is 17.2 Å². The van der Waals surface area contributed by atoms with Crippen molar-refractivity contribution in [3.8, 4) is 17.2 Å². The first-order chi connectivity index (χ1) is 48.8. The van der Waals surface area contributed by atoms with Crippen molar-refractivity contribution in [2.75, 3.05) is 19.8 Å². The summed E-state index contributed by atoms with van der Waals surface area (Å²) in [5, 5.41) is 47.7. The Morgan fingerprint density at radius 1 is 0.447 bits per heavy atom. The Morgan fingerprint density at radius 3 is 1.20 bits per heavy atom. The fourth-order valence-corrected chi connectivity index (χ4v) is 11.4. The minimum Gasteiger partial charge on any atom is -0.504 e. The van der Waals surface area contributed by atoms with Crippen molar-refractivity contribution in [2.24, 2.45) is 0 Å². The second-order valence-corrected chi connectivity index (χ2v) is 24.2. The van der Waals surface area contributed by atoms with E-state index >= 15 is 0 Å². The molecule has 35 nitrogen and oxygen atoms in total. The molecule has 6 aromatic heterocycles. The molecule has 9 heterocycles. The summed E-state index contributed by atoms with van der Waals surface area (Å²) in [5.74, 6) is -5.15. The van der Waals surface area contributed by atoms with Crippen LogP contribution in [0.25, 0.3) is 16.9 Å². The minimum absolute atomic E-state index is 0.0256. The number of fused-ring (bicyclic) bond motifs is 3. The van der Waals surface area contributed by atoms with Crippen LogP contribution in [0.1, 0.15) is 112 Å². The predicted molar refractivity (Wildman–Crippen MR) is 356 cm³/mol. The first kappa shape index (κ1) is 82.4. The molecule has 9 rings (SSSR count). The first-order valence-electron chi connectivity index (χ1n) is 32.4. The van der Waals surface area contributed by atoms with Gasteiger partial charge in [-0.2, -0.15) is 0 Å². The zero-order chi connectivity index (χ0) is 76.1. The quantitative estimate of drug-likeness (QED) is 0.0389. The zero-order valence-electron chi connectivity index (χ0n) is 58.0. The Hall–Kier alpha value is -9.56. The topological polar surface area (TPSA) is 461 Å². The molecule has 562 valence electrons. The van der Waals surface area contributed by atoms with Gasteiger partial charge < -0.3 is 87.1 Å². The van der Waals surface area contributed by atoms with E-state index in [2.05, 4.69) is 30.9 Å². The molecule has 103 heavy (non-hydrogen) atoms. The predicted octanol–water partition coefficient (Wildman–Crippen LogP) is 1.75. The monoisotopic (exact) mass is 1510 g/mol. The lowest BCUT2D eigenvalue weighted by molar-refractivity contribution is -0.288. The summed E-state index contributed by atoms with van der Waals surface area (Å²) in [4.78, 5) is 142. The van der Waals surface area contributed by atoms with Crippen LogP contribution in [0.2, 0.25) is 0 Å². The number of nitrogens with zero attached hydrogens (tertiary/aromatic N) is 6. The highest BCUT2D eigenvalue weighted by Crippen LogP contribution is 2.34. The number of aliphatic hydroxyl groups is 4. The fraction of sp³-hybridized carbons (Fsp3) is 0.522. The molecule has 0 aromatic carbocycles. The summed E-state index contributed by atoms with van der Waals surface area (Å²) in [6.07, 6.45) is -4.43. The zero-order valence-corrected chi connectivity index (χ0v) is 59.6. The lowest BCUT2D eigenvalue weighted by atomic mass is 9.98. The highest BCUT2D eigenvalue weighted by Gasteiger charge is 2.54. The third-order valence-electron chi connectivity index (χ3n) is 15.1. The van der Waals surface area contributed by atoms with Gasteiger partial charge in [-0.25, -0.2) is 15.0 Å². The molecule has 0 spiro atoms. The molecule has 0 aliphatic carbocycles. The van der Waals surface area contributed by atoms with Gasteiger partial charge in [-0.3, -0.25) is 65.9 Å². The van der Waals surface area contributed by atoms with Gasteiger partial charge in [0.2, 0.25) is 18.7 Å². The van der Waals surface area contributed by atoms with Gasteiger partial charge in [0, 0.05) is 109 Å². The number of carbonyl (C=O) groups excluding carboxylic acids is 8. The number of aromatic nitrogens is 6. The molecule has 0 radical (unpaired) electrons. The molecule has 7 unspecified atom stereocenters. The van der Waals surface area contributed by atoms with E-state index in [0.29, 0.717) is 41.6 Å². The van der Waals surface area contributed by atoms with Crippen molar-refractivity contribution in [2.45, 2.75) is 206 Å². The average Bonchev–Trinajstić information content (AvgIpc) is 0.829. The second-order valence-electron chi connectivity index (χ2n) is 23.3. The largest absolute Gasteiger partial charge is 0.504 e. The molecular formula is C67H83BrN6O29. The van der Waals surface area contributed by atoms with E-state index < -0.39 is 152 Å². The third-order valence-corrected chi connectivity index (χ3v) is 15.8. The molecule has 15 atom stereocenters. The van der Waals surface area contributed by atoms with Crippen molar-refractivity contribution in [3.63, 3.8) is 0 Å². The fourth-order valence-electron chi connectivity index (χ4n) is 10.7. The van der Waals surface area contributed by atoms with Gasteiger partial charge in [0.05, 0.1) is 6.61 Å². The number of aryl methyl sites for hydroxylation is 3. The van der Waals surface area contributed by atoms with Gasteiger partial charge in [-0.15, -0.1) is 0 Å². The third kappa shape index (κ3) is 22.2. The molecule has 3 saturated heterocycles. The number of carbonyl (C=O) groups is 8. The van der Waals surface area contributed by atoms with E-state index in [1.165, 1.54) is 64.7 Å². The number of pyridine rings is 3. The molecule has 0 bridgehead atoms. The van der Waals surface area contributed by atoms with Crippen molar-refractivity contribution < 1.29 is 125 Å². The summed E-state index contributed by atoms with van der Waals surface area (Å²) >= 11 is 3.18. The van der Waals surface area contributed by atoms with Crippen LogP contribution >= 0.6 is 15.9 Å². The number of aliphatic hydroxyl groups excluding tert-OH is 4. The van der Waals surface area contributed by atoms with Gasteiger partial charge >= 0.3 is 47.8 Å². The Morgan fingerprint density at radius 2 is 0.796 bits per heavy atom. The number of halogens is 1. The van der Waals surface area contributed by atoms with Crippen LogP contribution in [0, 0.1) is 0 Å². The maximum atomic E-state index is 12.9. The van der Waals surface area contributed by atoms with E-state index in [1.807, 2.05) is 20.8 Å². The van der Waals surface area contributed by atoms with Crippen LogP contribution in [-0.2, 0) is 110 Å². The Balaban J connectivity index is 0.000000226. The lowest BCUT2D eigenvalue weighted by Gasteiger charge is -2.43. The number of ether oxygens (including phenoxy) is 13. The molecule has 3 fully saturated rings. The highest BCUT2D eigenvalue weighted by atomic mass is 79.9. The number of esters is 8. The molecule has 5 N–H and O–H groups in total. The van der Waals surface area contributed by atoms with Gasteiger partial charge in [0.15, 0.2) is 69.7 Å². The number of aromatic hydroxyl groups is 1. The number of hydrogen-bond donors (Lipinski definition) is 5. The van der Waals surface area contributed by atoms with E-state index in [9.17, 15) is 78.3 Å². The van der Waals surface area contributed by atoms with Crippen molar-refractivity contribution in [1.82, 2.24) is 28.2 Å². The van der Waals surface area contributed by atoms with Crippen molar-refractivity contribution in [1.29, 1.82) is 0 Å². The molecule has 0 amide bonds. The Bertz CT molecular complexity index is 4150. The maximum Gasteiger partial charge on any atom is 0.303 e. The Labute approximate surface area is 595 Å². The summed E-state index contributed by atoms with van der Waals surface area (Å²) in [6.45, 7) is 14.0. The molecule has 36 heteroatoms. The number of rotatable bonds is 21. The van der Waals surface area contributed by atoms with E-state index in [-0.39, 0.29) is 51.8 Å². The van der Waals surface area contributed by atoms with Crippen LogP contribution in [-0.4, -0.2) is 212 Å². The minimum atomic E-state index is -1.55. The summed E-state index contributed by atoms with van der Waals surface area (Å²) in [7, 11) is 0. The molecule has 3 aliphatic heterocycles. The summed E-state index contributed by atoms with van der Waals surface area (Å²) in [5.41, 5.74) is 1.89. The van der Waals surface area contributed by atoms with Gasteiger partial charge in [0.1, 0.15) is 49.8 Å². The lowest BCUT2D eigenvalue weighted by Crippen LogP contribution is -2.63. The average molecular weight is 1520 g/mol. The maximum absolute atomic E-state index is 12.9. The smallest absolute Gasteiger partial charge is 0.303 e. The summed E-state index contributed by atoms with van der Waals surface area (Å²) in [6, 6.07) is 9.36. The van der Waals surface area contributed by atoms with Crippen molar-refractivity contribution >= 4 is 80.6 Å². The van der Waals surface area contributed by atoms with Crippen molar-refractivity contribution in [3.05, 3.63) is 121 Å². The van der Waals surface area contributed by atoms with Crippen LogP contribution in [0.15, 0.2) is 88.0 Å². The van der Waals surface area contributed by atoms with Crippen LogP contribution in [0.4, 0.5) is 0 Å². The number of hydrogen-bond acceptors (Lipinski definition) is 32. The van der Waals surface area contributed by atoms with E-state index in [4.69, 9.17) is 61.6 Å². The normalized spacial score (nSPS) is 24.1. The second kappa shape index (κ2) is 38.6. The molecule has 3 aliphatic rings. The number of alkyl halides is 1. The standard InChI is InChI=1S/C25H30N2O11.C17H22N2O7.C14H19BrO9.C11H12N2O2/c1-6-8-17-11-26-23-18(9-7-10-27(23)24(17)32)37-25-22(36-16(5)31)21(35-15(4)30)20(34-14(3)29)19(38-25)12-33-13(2)28;1-2-4-9-7-18-15-10(5-3-6-19(15)16(9)24)25-17-14(23)13(22)12(21)11(8-20)26-17;1-6(16)20-5-10-11(21-7(2)17)12(22-8(3)18)13(14(15)24-10)23-9(4)19;1-2-4-8-7-12-10-9(14)5-3-6-13(10)11(8)15/h7,9-11,19-22,25H,6,8,12H2,1-5H3;3,5-7,11-14,17,20-23H,2,4,8H2,1H3;10-14H,5H2,1-4H3;3,5-7,14H,2,4H2,1H3/t19?,20-,21+,22?,25-;11?,12-,13+,14?,17-;10?,11-,12?,13?,14-;/m111./s1. The highest BCUT2D eigenvalue weighted by molar-refractivity contribution is 9.09. The van der Waals surface area contributed by atoms with Gasteiger partial charge in [-0.1, -0.05) is 56.0 Å². The summed E-state index contributed by atoms with van der Waals surface area (Å²) < 4.78 is 74.1. The van der Waals surface area contributed by atoms with Gasteiger partial charge in [-0.05, 0) is 55.7 Å². The molecular weight excluding hydrogens is 1430 g/mol. The van der Waals surface area contributed by atoms with E-state index in [1.54, 1.807) is 42.9 Å². The SMILES string of the molecule is CC(=O)OCC1O[C@@H](Br)C(OC(C)=O)C(OC(C)=O)[C@@H]1OC(C)=O.CCCc1cnc2c(O)cccn2c1=O.CCCc1cnc2c(O[C@@H]3OC(CO)[C@@H](O)[C@H](O)C3O)cccn2c1=O.CCCc1cnc2c(O[C@@H]3OC(COC(C)=O)[C@@H](OC(C)=O)[C@H](OC(C)=O)C3OC(C)=O)cccn2c1=O. The first-order valence-corrected chi connectivity index (χ1v) is 33.3. The van der Waals surface area contributed by atoms with Crippen LogP contribution in [0.3, 0.4) is 0 Å². The molecule has 6 aromatic rings. The molecule has 0 saturated carbocycles. The van der Waals surface area contributed by atoms with E-state index in [0.717, 1.165) is 53.9 Å². The van der Waals surface area contributed by atoms with Crippen LogP contribution < -0.4 is 26.2 Å². The Kier molecular flexibility index (Phi) is 30.9. The van der Waals surface area contributed by atoms with Gasteiger partial charge in [0.25, 0.3) is 16.7 Å².